The average molecular weight is 380 g/mol. The summed E-state index contributed by atoms with van der Waals surface area (Å²) < 4.78 is 45.3. The van der Waals surface area contributed by atoms with Gasteiger partial charge in [0.15, 0.2) is 5.82 Å². The van der Waals surface area contributed by atoms with E-state index < -0.39 is 17.3 Å². The number of nitrogens with two attached hydrogens (primary N) is 1. The Balaban J connectivity index is 1.76. The molecule has 1 aliphatic carbocycles. The van der Waals surface area contributed by atoms with Gasteiger partial charge in [-0.25, -0.2) is 0 Å². The number of rotatable bonds is 3. The van der Waals surface area contributed by atoms with Crippen molar-refractivity contribution in [3.63, 3.8) is 0 Å². The first kappa shape index (κ1) is 18.0. The minimum atomic E-state index is -4.56. The normalized spacial score (nSPS) is 19.9. The van der Waals surface area contributed by atoms with Gasteiger partial charge < -0.3 is 15.2 Å². The summed E-state index contributed by atoms with van der Waals surface area (Å²) in [4.78, 5) is 17.6. The highest BCUT2D eigenvalue weighted by atomic mass is 19.4. The van der Waals surface area contributed by atoms with Gasteiger partial charge in [0.1, 0.15) is 0 Å². The number of alkyl halides is 3. The van der Waals surface area contributed by atoms with E-state index in [1.54, 1.807) is 0 Å². The molecule has 0 bridgehead atoms. The van der Waals surface area contributed by atoms with Crippen molar-refractivity contribution in [3.8, 4) is 11.5 Å². The molecule has 1 aromatic heterocycles. The largest absolute Gasteiger partial charge is 0.416 e. The zero-order valence-corrected chi connectivity index (χ0v) is 14.6. The highest BCUT2D eigenvalue weighted by Gasteiger charge is 2.37. The highest BCUT2D eigenvalue weighted by molar-refractivity contribution is 5.96. The van der Waals surface area contributed by atoms with Crippen molar-refractivity contribution in [2.24, 2.45) is 5.73 Å². The molecule has 27 heavy (non-hydrogen) atoms. The van der Waals surface area contributed by atoms with Crippen LogP contribution in [0, 0.1) is 0 Å². The number of aromatic nitrogens is 2. The van der Waals surface area contributed by atoms with Gasteiger partial charge in [-0.05, 0) is 37.5 Å². The molecule has 144 valence electrons. The molecule has 2 aliphatic rings. The Morgan fingerprint density at radius 1 is 1.15 bits per heavy atom. The van der Waals surface area contributed by atoms with Crippen LogP contribution >= 0.6 is 0 Å². The zero-order chi connectivity index (χ0) is 19.2. The third-order valence-electron chi connectivity index (χ3n) is 5.24. The van der Waals surface area contributed by atoms with Gasteiger partial charge in [-0.15, -0.1) is 0 Å². The second-order valence-corrected chi connectivity index (χ2v) is 7.20. The number of carbonyl (C=O) groups excluding carboxylic acids is 1. The van der Waals surface area contributed by atoms with E-state index >= 15 is 0 Å². The first-order chi connectivity index (χ1) is 12.8. The molecule has 4 rings (SSSR count). The van der Waals surface area contributed by atoms with E-state index in [0.717, 1.165) is 25.0 Å². The van der Waals surface area contributed by atoms with Crippen molar-refractivity contribution in [1.82, 2.24) is 10.1 Å². The van der Waals surface area contributed by atoms with Crippen LogP contribution < -0.4 is 10.6 Å². The number of anilines is 1. The maximum atomic E-state index is 13.4. The fourth-order valence-electron chi connectivity index (χ4n) is 3.75. The standard InChI is InChI=1S/C18H19F3N4O2/c19-18(20,21)12-8-11(9-13(10-12)25-7-3-4-14(25)26)15-23-16(24-27-15)17(22)5-1-2-6-17/h8-10H,1-7,22H2. The first-order valence-electron chi connectivity index (χ1n) is 8.92. The lowest BCUT2D eigenvalue weighted by Crippen LogP contribution is -2.34. The van der Waals surface area contributed by atoms with Gasteiger partial charge in [0.05, 0.1) is 11.1 Å². The number of amides is 1. The van der Waals surface area contributed by atoms with Crippen LogP contribution in [0.1, 0.15) is 49.9 Å². The molecule has 0 radical (unpaired) electrons. The van der Waals surface area contributed by atoms with E-state index in [1.807, 2.05) is 0 Å². The van der Waals surface area contributed by atoms with Crippen molar-refractivity contribution in [2.45, 2.75) is 50.2 Å². The smallest absolute Gasteiger partial charge is 0.334 e. The third kappa shape index (κ3) is 3.31. The summed E-state index contributed by atoms with van der Waals surface area (Å²) in [6.07, 6.45) is -0.297. The predicted molar refractivity (Wildman–Crippen MR) is 90.7 cm³/mol. The molecule has 2 fully saturated rings. The van der Waals surface area contributed by atoms with Gasteiger partial charge in [-0.2, -0.15) is 18.2 Å². The summed E-state index contributed by atoms with van der Waals surface area (Å²) in [5, 5.41) is 3.91. The van der Waals surface area contributed by atoms with Gasteiger partial charge in [0.25, 0.3) is 5.89 Å². The number of carbonyl (C=O) groups is 1. The number of benzene rings is 1. The maximum absolute atomic E-state index is 13.4. The van der Waals surface area contributed by atoms with Gasteiger partial charge in [-0.1, -0.05) is 18.0 Å². The average Bonchev–Trinajstić information content (AvgIpc) is 3.34. The van der Waals surface area contributed by atoms with E-state index in [1.165, 1.54) is 11.0 Å². The second kappa shape index (κ2) is 6.33. The summed E-state index contributed by atoms with van der Waals surface area (Å²) in [6, 6.07) is 3.41. The van der Waals surface area contributed by atoms with Crippen LogP contribution in [0.3, 0.4) is 0 Å². The Morgan fingerprint density at radius 3 is 2.52 bits per heavy atom. The van der Waals surface area contributed by atoms with Crippen LogP contribution in [0.15, 0.2) is 22.7 Å². The van der Waals surface area contributed by atoms with Crippen LogP contribution in [-0.4, -0.2) is 22.6 Å². The molecular weight excluding hydrogens is 361 g/mol. The molecule has 2 N–H and O–H groups in total. The monoisotopic (exact) mass is 380 g/mol. The Bertz CT molecular complexity index is 872. The highest BCUT2D eigenvalue weighted by Crippen LogP contribution is 2.38. The SMILES string of the molecule is NC1(c2noc(-c3cc(N4CCCC4=O)cc(C(F)(F)F)c3)n2)CCCC1. The van der Waals surface area contributed by atoms with E-state index in [4.69, 9.17) is 10.3 Å². The summed E-state index contributed by atoms with van der Waals surface area (Å²) >= 11 is 0. The van der Waals surface area contributed by atoms with E-state index in [0.29, 0.717) is 38.1 Å². The Labute approximate surface area is 153 Å². The summed E-state index contributed by atoms with van der Waals surface area (Å²) in [7, 11) is 0. The molecule has 2 aromatic rings. The van der Waals surface area contributed by atoms with Crippen LogP contribution in [0.4, 0.5) is 18.9 Å². The van der Waals surface area contributed by atoms with Crippen LogP contribution in [0.5, 0.6) is 0 Å². The van der Waals surface area contributed by atoms with Crippen LogP contribution in [-0.2, 0) is 16.5 Å². The molecule has 6 nitrogen and oxygen atoms in total. The first-order valence-corrected chi connectivity index (χ1v) is 8.92. The summed E-state index contributed by atoms with van der Waals surface area (Å²) in [6.45, 7) is 0.389. The number of hydrogen-bond acceptors (Lipinski definition) is 5. The predicted octanol–water partition coefficient (Wildman–Crippen LogP) is 3.61. The minimum absolute atomic E-state index is 0.0271. The lowest BCUT2D eigenvalue weighted by atomic mass is 9.98. The third-order valence-corrected chi connectivity index (χ3v) is 5.24. The van der Waals surface area contributed by atoms with Crippen molar-refractivity contribution in [2.75, 3.05) is 11.4 Å². The number of nitrogens with zero attached hydrogens (tertiary/aromatic N) is 3. The lowest BCUT2D eigenvalue weighted by Gasteiger charge is -2.19. The number of hydrogen-bond donors (Lipinski definition) is 1. The fraction of sp³-hybridized carbons (Fsp3) is 0.500. The van der Waals surface area contributed by atoms with Crippen molar-refractivity contribution in [3.05, 3.63) is 29.6 Å². The van der Waals surface area contributed by atoms with Gasteiger partial charge in [-0.3, -0.25) is 4.79 Å². The van der Waals surface area contributed by atoms with E-state index in [-0.39, 0.29) is 23.0 Å². The van der Waals surface area contributed by atoms with E-state index in [2.05, 4.69) is 10.1 Å². The fourth-order valence-corrected chi connectivity index (χ4v) is 3.75. The topological polar surface area (TPSA) is 85.2 Å². The Hall–Kier alpha value is -2.42. The molecule has 1 aliphatic heterocycles. The van der Waals surface area contributed by atoms with Crippen molar-refractivity contribution in [1.29, 1.82) is 0 Å². The Kier molecular flexibility index (Phi) is 4.21. The molecule has 1 saturated heterocycles. The molecular formula is C18H19F3N4O2. The molecule has 1 amide bonds. The quantitative estimate of drug-likeness (QED) is 0.879. The minimum Gasteiger partial charge on any atom is -0.334 e. The molecule has 9 heteroatoms. The second-order valence-electron chi connectivity index (χ2n) is 7.20. The number of halogens is 3. The Morgan fingerprint density at radius 2 is 1.89 bits per heavy atom. The van der Waals surface area contributed by atoms with Crippen LogP contribution in [0.25, 0.3) is 11.5 Å². The van der Waals surface area contributed by atoms with Gasteiger partial charge in [0.2, 0.25) is 5.91 Å². The molecule has 2 heterocycles. The van der Waals surface area contributed by atoms with E-state index in [9.17, 15) is 18.0 Å². The molecule has 0 unspecified atom stereocenters. The lowest BCUT2D eigenvalue weighted by molar-refractivity contribution is -0.137. The van der Waals surface area contributed by atoms with Crippen molar-refractivity contribution < 1.29 is 22.5 Å². The summed E-state index contributed by atoms with van der Waals surface area (Å²) in [5.41, 5.74) is 5.05. The summed E-state index contributed by atoms with van der Waals surface area (Å²) in [5.74, 6) is 0.0882. The van der Waals surface area contributed by atoms with Gasteiger partial charge >= 0.3 is 6.18 Å². The zero-order valence-electron chi connectivity index (χ0n) is 14.6. The molecule has 1 saturated carbocycles. The molecule has 1 aromatic carbocycles. The molecule has 0 spiro atoms. The molecule has 0 atom stereocenters. The van der Waals surface area contributed by atoms with Crippen molar-refractivity contribution >= 4 is 11.6 Å². The maximum Gasteiger partial charge on any atom is 0.416 e. The van der Waals surface area contributed by atoms with Crippen LogP contribution in [0.2, 0.25) is 0 Å². The van der Waals surface area contributed by atoms with Gasteiger partial charge in [0, 0.05) is 24.2 Å².